The predicted molar refractivity (Wildman–Crippen MR) is 181 cm³/mol. The summed E-state index contributed by atoms with van der Waals surface area (Å²) in [5, 5.41) is 29.5. The van der Waals surface area contributed by atoms with Crippen LogP contribution in [0.5, 0.6) is 5.75 Å². The van der Waals surface area contributed by atoms with E-state index in [1.807, 2.05) is 25.1 Å². The monoisotopic (exact) mass is 599 g/mol. The maximum atomic E-state index is 9.73. The van der Waals surface area contributed by atoms with Gasteiger partial charge in [0, 0.05) is 12.6 Å². The Bertz CT molecular complexity index is 1420. The van der Waals surface area contributed by atoms with Gasteiger partial charge >= 0.3 is 0 Å². The zero-order valence-electron chi connectivity index (χ0n) is 22.8. The van der Waals surface area contributed by atoms with Crippen LogP contribution < -0.4 is 37.4 Å². The zero-order valence-corrected chi connectivity index (χ0v) is 25.3. The first kappa shape index (κ1) is 29.8. The first-order chi connectivity index (χ1) is 19.9. The molecular formula is C31H32N6OPS2+. The van der Waals surface area contributed by atoms with Gasteiger partial charge in [0.25, 0.3) is 0 Å². The highest BCUT2D eigenvalue weighted by atomic mass is 32.1. The zero-order chi connectivity index (χ0) is 29.1. The number of phenolic OH excluding ortho intramolecular Hbond substituents is 1. The van der Waals surface area contributed by atoms with E-state index in [0.717, 1.165) is 5.56 Å². The minimum Gasteiger partial charge on any atom is -0.508 e. The largest absolute Gasteiger partial charge is 0.508 e. The second kappa shape index (κ2) is 14.5. The van der Waals surface area contributed by atoms with Crippen molar-refractivity contribution < 1.29 is 5.11 Å². The van der Waals surface area contributed by atoms with Gasteiger partial charge in [-0.25, -0.2) is 0 Å². The second-order valence-corrected chi connectivity index (χ2v) is 13.3. The van der Waals surface area contributed by atoms with Crippen molar-refractivity contribution in [2.24, 2.45) is 10.2 Å². The summed E-state index contributed by atoms with van der Waals surface area (Å²) >= 11 is 10.9. The molecule has 10 heteroatoms. The van der Waals surface area contributed by atoms with Gasteiger partial charge in [-0.3, -0.25) is 10.9 Å². The van der Waals surface area contributed by atoms with Crippen LogP contribution in [-0.2, 0) is 0 Å². The molecule has 0 heterocycles. The molecule has 0 saturated heterocycles. The molecule has 0 unspecified atom stereocenters. The third-order valence-electron chi connectivity index (χ3n) is 6.37. The molecule has 0 amide bonds. The van der Waals surface area contributed by atoms with Crippen LogP contribution in [0, 0.1) is 0 Å². The van der Waals surface area contributed by atoms with E-state index in [1.165, 1.54) is 15.9 Å². The van der Waals surface area contributed by atoms with Crippen LogP contribution in [0.3, 0.4) is 0 Å². The molecule has 0 saturated carbocycles. The summed E-state index contributed by atoms with van der Waals surface area (Å²) in [5.41, 5.74) is 7.66. The smallest absolute Gasteiger partial charge is 0.189 e. The van der Waals surface area contributed by atoms with Gasteiger partial charge in [-0.15, -0.1) is 0 Å². The van der Waals surface area contributed by atoms with E-state index in [0.29, 0.717) is 27.9 Å². The molecule has 4 rings (SSSR count). The van der Waals surface area contributed by atoms with Gasteiger partial charge < -0.3 is 15.7 Å². The average Bonchev–Trinajstić information content (AvgIpc) is 3.02. The molecule has 7 nitrogen and oxygen atoms in total. The third kappa shape index (κ3) is 7.52. The van der Waals surface area contributed by atoms with Crippen molar-refractivity contribution in [3.63, 3.8) is 0 Å². The van der Waals surface area contributed by atoms with E-state index in [9.17, 15) is 5.11 Å². The molecule has 0 atom stereocenters. The van der Waals surface area contributed by atoms with E-state index < -0.39 is 7.26 Å². The number of phenols is 1. The van der Waals surface area contributed by atoms with Crippen LogP contribution in [0.15, 0.2) is 125 Å². The van der Waals surface area contributed by atoms with Crippen LogP contribution in [0.25, 0.3) is 0 Å². The lowest BCUT2D eigenvalue weighted by molar-refractivity contribution is 0.475. The first-order valence-electron chi connectivity index (χ1n) is 12.9. The predicted octanol–water partition coefficient (Wildman–Crippen LogP) is 3.98. The Morgan fingerprint density at radius 1 is 0.683 bits per heavy atom. The summed E-state index contributed by atoms with van der Waals surface area (Å²) in [6, 6.07) is 38.4. The summed E-state index contributed by atoms with van der Waals surface area (Å²) in [5.74, 6) is 0.159. The van der Waals surface area contributed by atoms with Crippen LogP contribution in [0.1, 0.15) is 12.5 Å². The molecule has 0 aromatic heterocycles. The highest BCUT2D eigenvalue weighted by Gasteiger charge is 2.45. The van der Waals surface area contributed by atoms with Crippen molar-refractivity contribution in [1.82, 2.24) is 21.5 Å². The molecule has 4 aromatic carbocycles. The highest BCUT2D eigenvalue weighted by molar-refractivity contribution is 7.95. The van der Waals surface area contributed by atoms with Crippen LogP contribution in [-0.4, -0.2) is 40.1 Å². The van der Waals surface area contributed by atoms with Gasteiger partial charge in [0.05, 0.1) is 5.71 Å². The quantitative estimate of drug-likeness (QED) is 0.0861. The molecule has 0 aliphatic carbocycles. The Labute approximate surface area is 252 Å². The highest BCUT2D eigenvalue weighted by Crippen LogP contribution is 2.54. The summed E-state index contributed by atoms with van der Waals surface area (Å²) in [4.78, 5) is 0. The van der Waals surface area contributed by atoms with Crippen LogP contribution >= 0.6 is 31.7 Å². The Kier molecular flexibility index (Phi) is 10.5. The van der Waals surface area contributed by atoms with Gasteiger partial charge in [0.15, 0.2) is 10.2 Å². The third-order valence-corrected chi connectivity index (χ3v) is 11.1. The number of thiocarbonyl (C=S) groups is 2. The van der Waals surface area contributed by atoms with E-state index in [2.05, 4.69) is 104 Å². The number of nitrogens with zero attached hydrogens (tertiary/aromatic N) is 2. The number of rotatable bonds is 9. The molecule has 4 aromatic rings. The molecule has 0 spiro atoms. The minimum atomic E-state index is -2.12. The number of benzene rings is 4. The lowest BCUT2D eigenvalue weighted by Gasteiger charge is -2.28. The molecule has 0 radical (unpaired) electrons. The number of hydrogen-bond donors (Lipinski definition) is 5. The Morgan fingerprint density at radius 3 is 1.61 bits per heavy atom. The first-order valence-corrected chi connectivity index (χ1v) is 15.7. The number of nitrogens with one attached hydrogen (secondary N) is 4. The van der Waals surface area contributed by atoms with Crippen molar-refractivity contribution in [2.45, 2.75) is 6.92 Å². The number of hydrogen-bond acceptors (Lipinski definition) is 5. The molecule has 0 fully saturated rings. The maximum Gasteiger partial charge on any atom is 0.189 e. The Morgan fingerprint density at radius 2 is 1.15 bits per heavy atom. The summed E-state index contributed by atoms with van der Waals surface area (Å²) < 4.78 is 0. The molecule has 41 heavy (non-hydrogen) atoms. The number of aromatic hydroxyl groups is 1. The van der Waals surface area contributed by atoms with Gasteiger partial charge in [-0.2, -0.15) is 10.2 Å². The van der Waals surface area contributed by atoms with E-state index >= 15 is 0 Å². The normalized spacial score (nSPS) is 11.9. The van der Waals surface area contributed by atoms with Crippen molar-refractivity contribution in [3.05, 3.63) is 121 Å². The van der Waals surface area contributed by atoms with E-state index in [1.54, 1.807) is 31.3 Å². The number of hydrazone groups is 2. The van der Waals surface area contributed by atoms with Gasteiger partial charge in [-0.1, -0.05) is 54.6 Å². The lowest BCUT2D eigenvalue weighted by atomic mass is 10.1. The Hall–Kier alpha value is -4.17. The molecule has 0 bridgehead atoms. The summed E-state index contributed by atoms with van der Waals surface area (Å²) in [6.07, 6.45) is 0.600. The lowest BCUT2D eigenvalue weighted by Crippen LogP contribution is -2.42. The second-order valence-electron chi connectivity index (χ2n) is 8.99. The van der Waals surface area contributed by atoms with E-state index in [4.69, 9.17) is 24.4 Å². The van der Waals surface area contributed by atoms with Crippen molar-refractivity contribution in [3.8, 4) is 5.75 Å². The van der Waals surface area contributed by atoms with Crippen LogP contribution in [0.4, 0.5) is 0 Å². The summed E-state index contributed by atoms with van der Waals surface area (Å²) in [7, 11) is -0.408. The minimum absolute atomic E-state index is 0.159. The van der Waals surface area contributed by atoms with Crippen molar-refractivity contribution in [2.75, 3.05) is 13.3 Å². The maximum absolute atomic E-state index is 9.73. The van der Waals surface area contributed by atoms with Crippen LogP contribution in [0.2, 0.25) is 0 Å². The topological polar surface area (TPSA) is 93.1 Å². The van der Waals surface area contributed by atoms with E-state index in [-0.39, 0.29) is 5.75 Å². The fraction of sp³-hybridized carbons (Fsp3) is 0.0968. The van der Waals surface area contributed by atoms with Gasteiger partial charge in [-0.05, 0) is 92.0 Å². The fourth-order valence-corrected chi connectivity index (χ4v) is 8.47. The van der Waals surface area contributed by atoms with Crippen molar-refractivity contribution in [1.29, 1.82) is 0 Å². The fourth-order valence-electron chi connectivity index (χ4n) is 4.32. The van der Waals surface area contributed by atoms with Gasteiger partial charge in [0.1, 0.15) is 40.9 Å². The molecule has 208 valence electrons. The van der Waals surface area contributed by atoms with Gasteiger partial charge in [0.2, 0.25) is 0 Å². The molecule has 0 aliphatic rings. The molecular weight excluding hydrogens is 567 g/mol. The Balaban J connectivity index is 1.61. The molecule has 0 aliphatic heterocycles. The summed E-state index contributed by atoms with van der Waals surface area (Å²) in [6.45, 7) is 1.82. The SMILES string of the molecule is CNC(=S)NN=C(C(C)=NNC(=S)NC[P+](c1ccccc1)(c1ccccc1)c1ccccc1)c1ccc(O)cc1. The average molecular weight is 600 g/mol. The standard InChI is InChI=1S/C31H31N6OPS2/c1-23(29(35-36-30(40)32-2)24-18-20-25(38)21-19-24)34-37-31(41)33-22-39(26-12-6-3-7-13-26,27-14-8-4-9-15-27)28-16-10-5-11-17-28/h3-21H,22H2,1-2H3,(H4-,32,33,34,35,36,37,38,40,41)/p+1. The molecule has 5 N–H and O–H groups in total. The van der Waals surface area contributed by atoms with Crippen molar-refractivity contribution >= 4 is 69.3 Å².